The Bertz CT molecular complexity index is 1190. The molecule has 0 fully saturated rings. The van der Waals surface area contributed by atoms with Crippen molar-refractivity contribution in [3.63, 3.8) is 0 Å². The highest BCUT2D eigenvalue weighted by molar-refractivity contribution is 5.93. The fraction of sp³-hybridized carbons (Fsp3) is 0.150. The van der Waals surface area contributed by atoms with Crippen LogP contribution in [0.25, 0.3) is 5.69 Å². The van der Waals surface area contributed by atoms with Crippen LogP contribution in [0.3, 0.4) is 0 Å². The van der Waals surface area contributed by atoms with Gasteiger partial charge in [-0.05, 0) is 18.2 Å². The molecule has 3 aromatic rings. The zero-order valence-electron chi connectivity index (χ0n) is 16.0. The van der Waals surface area contributed by atoms with E-state index in [1.54, 1.807) is 12.1 Å². The standard InChI is InChI=1S/C20H17F2N3O6/c1-31-15-5-3-2-4-11(15)17(18(27)20(29)30)23-19(28)13-9-16(26)25(24-13)14-7-6-10(21)8-12(14)22/h2-9,17-18,24,27H,1H3,(H,23,28)(H,29,30)/t17-,18-/m1/s1. The molecular weight excluding hydrogens is 416 g/mol. The smallest absolute Gasteiger partial charge is 0.335 e. The summed E-state index contributed by atoms with van der Waals surface area (Å²) in [6, 6.07) is 8.08. The molecule has 0 saturated carbocycles. The highest BCUT2D eigenvalue weighted by atomic mass is 19.1. The predicted molar refractivity (Wildman–Crippen MR) is 103 cm³/mol. The minimum Gasteiger partial charge on any atom is -0.496 e. The number of carbonyl (C=O) groups excluding carboxylic acids is 1. The van der Waals surface area contributed by atoms with Crippen LogP contribution in [0.1, 0.15) is 22.1 Å². The Morgan fingerprint density at radius 3 is 2.52 bits per heavy atom. The van der Waals surface area contributed by atoms with Gasteiger partial charge < -0.3 is 20.3 Å². The molecule has 1 amide bonds. The van der Waals surface area contributed by atoms with Gasteiger partial charge in [-0.15, -0.1) is 0 Å². The van der Waals surface area contributed by atoms with E-state index in [0.29, 0.717) is 10.7 Å². The summed E-state index contributed by atoms with van der Waals surface area (Å²) in [4.78, 5) is 36.3. The van der Waals surface area contributed by atoms with Crippen molar-refractivity contribution in [3.8, 4) is 11.4 Å². The van der Waals surface area contributed by atoms with Crippen molar-refractivity contribution in [1.82, 2.24) is 15.1 Å². The Hall–Kier alpha value is -3.99. The second-order valence-electron chi connectivity index (χ2n) is 6.42. The first kappa shape index (κ1) is 21.7. The molecule has 2 aromatic carbocycles. The number of aromatic nitrogens is 2. The van der Waals surface area contributed by atoms with Gasteiger partial charge in [0, 0.05) is 17.7 Å². The number of hydrogen-bond acceptors (Lipinski definition) is 5. The third kappa shape index (κ3) is 4.46. The van der Waals surface area contributed by atoms with Gasteiger partial charge in [0.1, 0.15) is 22.9 Å². The van der Waals surface area contributed by atoms with E-state index in [0.717, 1.165) is 18.2 Å². The number of carboxylic acid groups (broad SMARTS) is 1. The van der Waals surface area contributed by atoms with Gasteiger partial charge >= 0.3 is 5.97 Å². The molecule has 0 saturated heterocycles. The quantitative estimate of drug-likeness (QED) is 0.445. The van der Waals surface area contributed by atoms with Gasteiger partial charge in [-0.25, -0.2) is 18.3 Å². The molecule has 1 aromatic heterocycles. The zero-order valence-corrected chi connectivity index (χ0v) is 16.0. The molecule has 162 valence electrons. The highest BCUT2D eigenvalue weighted by Crippen LogP contribution is 2.27. The molecule has 0 aliphatic rings. The maximum atomic E-state index is 14.0. The first-order valence-electron chi connectivity index (χ1n) is 8.85. The number of halogens is 2. The summed E-state index contributed by atoms with van der Waals surface area (Å²) in [5.41, 5.74) is -1.30. The van der Waals surface area contributed by atoms with Crippen LogP contribution in [0, 0.1) is 11.6 Å². The lowest BCUT2D eigenvalue weighted by molar-refractivity contribution is -0.148. The number of aliphatic hydroxyl groups excluding tert-OH is 1. The van der Waals surface area contributed by atoms with Crippen molar-refractivity contribution in [2.24, 2.45) is 0 Å². The maximum Gasteiger partial charge on any atom is 0.335 e. The molecule has 0 aliphatic carbocycles. The van der Waals surface area contributed by atoms with Crippen molar-refractivity contribution in [1.29, 1.82) is 0 Å². The van der Waals surface area contributed by atoms with E-state index in [9.17, 15) is 33.4 Å². The fourth-order valence-electron chi connectivity index (χ4n) is 2.97. The molecule has 0 unspecified atom stereocenters. The van der Waals surface area contributed by atoms with E-state index in [-0.39, 0.29) is 22.7 Å². The van der Waals surface area contributed by atoms with E-state index in [1.807, 2.05) is 0 Å². The van der Waals surface area contributed by atoms with Gasteiger partial charge in [0.05, 0.1) is 13.2 Å². The van der Waals surface area contributed by atoms with Crippen molar-refractivity contribution in [3.05, 3.63) is 81.8 Å². The Morgan fingerprint density at radius 2 is 1.87 bits per heavy atom. The summed E-state index contributed by atoms with van der Waals surface area (Å²) in [6.07, 6.45) is -2.04. The maximum absolute atomic E-state index is 14.0. The summed E-state index contributed by atoms with van der Waals surface area (Å²) in [6.45, 7) is 0. The van der Waals surface area contributed by atoms with Gasteiger partial charge in [-0.2, -0.15) is 0 Å². The summed E-state index contributed by atoms with van der Waals surface area (Å²) in [5.74, 6) is -4.22. The van der Waals surface area contributed by atoms with Crippen LogP contribution in [0.5, 0.6) is 5.75 Å². The number of carbonyl (C=O) groups is 2. The van der Waals surface area contributed by atoms with Crippen molar-refractivity contribution >= 4 is 11.9 Å². The van der Waals surface area contributed by atoms with Crippen LogP contribution >= 0.6 is 0 Å². The van der Waals surface area contributed by atoms with Crippen molar-refractivity contribution < 1.29 is 33.3 Å². The lowest BCUT2D eigenvalue weighted by Gasteiger charge is -2.23. The monoisotopic (exact) mass is 433 g/mol. The van der Waals surface area contributed by atoms with Crippen molar-refractivity contribution in [2.45, 2.75) is 12.1 Å². The number of ether oxygens (including phenoxy) is 1. The fourth-order valence-corrected chi connectivity index (χ4v) is 2.97. The Kier molecular flexibility index (Phi) is 6.16. The number of benzene rings is 2. The molecule has 1 heterocycles. The summed E-state index contributed by atoms with van der Waals surface area (Å²) in [5, 5.41) is 24.1. The second-order valence-corrected chi connectivity index (χ2v) is 6.42. The molecule has 0 aliphatic heterocycles. The average Bonchev–Trinajstić information content (AvgIpc) is 3.12. The van der Waals surface area contributed by atoms with E-state index in [2.05, 4.69) is 10.4 Å². The average molecular weight is 433 g/mol. The number of aliphatic carboxylic acids is 1. The molecule has 9 nitrogen and oxygen atoms in total. The number of nitrogens with one attached hydrogen (secondary N) is 2. The van der Waals surface area contributed by atoms with Crippen LogP contribution in [-0.4, -0.2) is 45.1 Å². The number of H-pyrrole nitrogens is 1. The molecule has 31 heavy (non-hydrogen) atoms. The Labute approximate surface area is 173 Å². The number of methoxy groups -OCH3 is 1. The molecular formula is C20H17F2N3O6. The van der Waals surface area contributed by atoms with E-state index >= 15 is 0 Å². The third-order valence-electron chi connectivity index (χ3n) is 4.45. The molecule has 2 atom stereocenters. The Balaban J connectivity index is 1.96. The number of amides is 1. The molecule has 11 heteroatoms. The summed E-state index contributed by atoms with van der Waals surface area (Å²) < 4.78 is 33.0. The normalized spacial score (nSPS) is 12.8. The van der Waals surface area contributed by atoms with E-state index < -0.39 is 41.2 Å². The first-order valence-corrected chi connectivity index (χ1v) is 8.85. The molecule has 4 N–H and O–H groups in total. The number of rotatable bonds is 7. The zero-order chi connectivity index (χ0) is 22.7. The van der Waals surface area contributed by atoms with Crippen LogP contribution in [0.4, 0.5) is 8.78 Å². The van der Waals surface area contributed by atoms with Gasteiger partial charge in [-0.1, -0.05) is 18.2 Å². The predicted octanol–water partition coefficient (Wildman–Crippen LogP) is 1.37. The lowest BCUT2D eigenvalue weighted by atomic mass is 10.00. The highest BCUT2D eigenvalue weighted by Gasteiger charge is 2.31. The molecule has 0 bridgehead atoms. The Morgan fingerprint density at radius 1 is 1.16 bits per heavy atom. The van der Waals surface area contributed by atoms with Crippen LogP contribution in [0.15, 0.2) is 53.3 Å². The van der Waals surface area contributed by atoms with E-state index in [4.69, 9.17) is 4.74 Å². The molecule has 0 radical (unpaired) electrons. The lowest BCUT2D eigenvalue weighted by Crippen LogP contribution is -2.40. The largest absolute Gasteiger partial charge is 0.496 e. The minimum absolute atomic E-state index is 0.180. The summed E-state index contributed by atoms with van der Waals surface area (Å²) >= 11 is 0. The third-order valence-corrected chi connectivity index (χ3v) is 4.45. The topological polar surface area (TPSA) is 134 Å². The number of carboxylic acids is 1. The molecule has 0 spiro atoms. The van der Waals surface area contributed by atoms with Crippen LogP contribution in [0.2, 0.25) is 0 Å². The van der Waals surface area contributed by atoms with Crippen LogP contribution < -0.4 is 15.6 Å². The van der Waals surface area contributed by atoms with E-state index in [1.165, 1.54) is 19.2 Å². The second kappa shape index (κ2) is 8.79. The number of aromatic amines is 1. The van der Waals surface area contributed by atoms with Gasteiger partial charge in [-0.3, -0.25) is 14.7 Å². The first-order chi connectivity index (χ1) is 14.7. The van der Waals surface area contributed by atoms with Gasteiger partial charge in [0.15, 0.2) is 11.9 Å². The van der Waals surface area contributed by atoms with Gasteiger partial charge in [0.2, 0.25) is 0 Å². The minimum atomic E-state index is -2.04. The SMILES string of the molecule is COc1ccccc1[C@@H](NC(=O)c1cc(=O)n(-c2ccc(F)cc2F)[nH]1)[C@@H](O)C(=O)O. The van der Waals surface area contributed by atoms with Crippen molar-refractivity contribution in [2.75, 3.05) is 7.11 Å². The number of nitrogens with zero attached hydrogens (tertiary/aromatic N) is 1. The number of hydrogen-bond donors (Lipinski definition) is 4. The molecule has 3 rings (SSSR count). The number of para-hydroxylation sites is 1. The van der Waals surface area contributed by atoms with Gasteiger partial charge in [0.25, 0.3) is 11.5 Å². The number of aliphatic hydroxyl groups is 1. The van der Waals surface area contributed by atoms with Crippen LogP contribution in [-0.2, 0) is 4.79 Å². The summed E-state index contributed by atoms with van der Waals surface area (Å²) in [7, 11) is 1.33.